The van der Waals surface area contributed by atoms with Crippen molar-refractivity contribution in [2.24, 2.45) is 11.7 Å². The van der Waals surface area contributed by atoms with Gasteiger partial charge in [-0.15, -0.1) is 11.8 Å². The summed E-state index contributed by atoms with van der Waals surface area (Å²) in [5, 5.41) is 2.87. The molecule has 1 aliphatic heterocycles. The molecule has 7 heteroatoms. The molecule has 1 heterocycles. The third kappa shape index (κ3) is 7.58. The summed E-state index contributed by atoms with van der Waals surface area (Å²) in [6, 6.07) is 19.9. The average Bonchev–Trinajstić information content (AvgIpc) is 3.29. The van der Waals surface area contributed by atoms with Crippen LogP contribution in [0.5, 0.6) is 0 Å². The third-order valence-corrected chi connectivity index (χ3v) is 7.27. The summed E-state index contributed by atoms with van der Waals surface area (Å²) in [4.78, 5) is 30.2. The zero-order valence-corrected chi connectivity index (χ0v) is 21.3. The van der Waals surface area contributed by atoms with E-state index in [1.165, 1.54) is 11.1 Å². The molecule has 0 spiro atoms. The number of rotatable bonds is 11. The minimum atomic E-state index is -0.642. The fraction of sp³-hybridized carbons (Fsp3) is 0.481. The van der Waals surface area contributed by atoms with E-state index >= 15 is 0 Å². The van der Waals surface area contributed by atoms with E-state index in [4.69, 9.17) is 5.73 Å². The molecule has 6 nitrogen and oxygen atoms in total. The Labute approximate surface area is 208 Å². The summed E-state index contributed by atoms with van der Waals surface area (Å²) < 4.78 is 0. The molecule has 1 saturated heterocycles. The first-order valence-electron chi connectivity index (χ1n) is 12.1. The molecule has 1 fully saturated rings. The van der Waals surface area contributed by atoms with Crippen LogP contribution in [0.15, 0.2) is 60.7 Å². The van der Waals surface area contributed by atoms with Crippen molar-refractivity contribution >= 4 is 23.6 Å². The Bertz CT molecular complexity index is 907. The zero-order valence-electron chi connectivity index (χ0n) is 20.5. The zero-order chi connectivity index (χ0) is 24.5. The van der Waals surface area contributed by atoms with E-state index < -0.39 is 12.1 Å². The quantitative estimate of drug-likeness (QED) is 0.515. The fourth-order valence-electron chi connectivity index (χ4n) is 4.16. The molecule has 3 atom stereocenters. The molecule has 0 aliphatic carbocycles. The van der Waals surface area contributed by atoms with Crippen LogP contribution in [0.4, 0.5) is 0 Å². The molecule has 0 aromatic heterocycles. The molecule has 2 aromatic carbocycles. The van der Waals surface area contributed by atoms with Crippen molar-refractivity contribution in [2.45, 2.75) is 51.9 Å². The standard InChI is InChI=1S/C27H38N4O2S/c1-20(2)25(29-26(32)21(3)28)27(33)31-19-34-18-24(31)17-30(16-23-12-8-5-9-13-23)15-14-22-10-6-4-7-11-22/h4-13,20-21,24-25H,14-19,28H2,1-3H3,(H,29,32)/t21-,24+,25-/m0/s1. The molecule has 0 unspecified atom stereocenters. The molecule has 2 amide bonds. The lowest BCUT2D eigenvalue weighted by atomic mass is 10.0. The first-order valence-corrected chi connectivity index (χ1v) is 13.2. The summed E-state index contributed by atoms with van der Waals surface area (Å²) in [7, 11) is 0. The highest BCUT2D eigenvalue weighted by Crippen LogP contribution is 2.24. The number of hydrogen-bond acceptors (Lipinski definition) is 5. The molecule has 1 aliphatic rings. The molecule has 0 saturated carbocycles. The molecule has 0 radical (unpaired) electrons. The van der Waals surface area contributed by atoms with Crippen LogP contribution in [0.3, 0.4) is 0 Å². The number of amides is 2. The van der Waals surface area contributed by atoms with Gasteiger partial charge in [0, 0.05) is 25.4 Å². The molecule has 3 N–H and O–H groups in total. The number of thioether (sulfide) groups is 1. The van der Waals surface area contributed by atoms with E-state index in [1.807, 2.05) is 30.9 Å². The van der Waals surface area contributed by atoms with Crippen LogP contribution >= 0.6 is 11.8 Å². The maximum absolute atomic E-state index is 13.5. The lowest BCUT2D eigenvalue weighted by molar-refractivity contribution is -0.138. The Morgan fingerprint density at radius 3 is 2.26 bits per heavy atom. The summed E-state index contributed by atoms with van der Waals surface area (Å²) in [5.74, 6) is 1.23. The van der Waals surface area contributed by atoms with E-state index in [9.17, 15) is 9.59 Å². The smallest absolute Gasteiger partial charge is 0.246 e. The van der Waals surface area contributed by atoms with Gasteiger partial charge in [0.25, 0.3) is 0 Å². The topological polar surface area (TPSA) is 78.7 Å². The molecule has 2 aromatic rings. The minimum absolute atomic E-state index is 0.0123. The molecular formula is C27H38N4O2S. The van der Waals surface area contributed by atoms with Crippen molar-refractivity contribution in [1.29, 1.82) is 0 Å². The van der Waals surface area contributed by atoms with Crippen LogP contribution in [0.2, 0.25) is 0 Å². The van der Waals surface area contributed by atoms with Crippen molar-refractivity contribution in [3.8, 4) is 0 Å². The van der Waals surface area contributed by atoms with Gasteiger partial charge in [0.15, 0.2) is 0 Å². The van der Waals surface area contributed by atoms with Crippen molar-refractivity contribution in [2.75, 3.05) is 24.7 Å². The molecule has 3 rings (SSSR count). The van der Waals surface area contributed by atoms with Crippen molar-refractivity contribution < 1.29 is 9.59 Å². The number of carbonyl (C=O) groups excluding carboxylic acids is 2. The monoisotopic (exact) mass is 482 g/mol. The SMILES string of the molecule is CC(C)[C@H](NC(=O)[C@H](C)N)C(=O)N1CSC[C@H]1CN(CCc1ccccc1)Cc1ccccc1. The molecule has 184 valence electrons. The molecular weight excluding hydrogens is 444 g/mol. The van der Waals surface area contributed by atoms with E-state index in [-0.39, 0.29) is 23.8 Å². The lowest BCUT2D eigenvalue weighted by Gasteiger charge is -2.34. The van der Waals surface area contributed by atoms with Gasteiger partial charge in [-0.05, 0) is 30.4 Å². The van der Waals surface area contributed by atoms with E-state index in [0.29, 0.717) is 5.88 Å². The van der Waals surface area contributed by atoms with Crippen LogP contribution in [0, 0.1) is 5.92 Å². The van der Waals surface area contributed by atoms with Crippen molar-refractivity contribution in [3.05, 3.63) is 71.8 Å². The second-order valence-corrected chi connectivity index (χ2v) is 10.4. The average molecular weight is 483 g/mol. The Kier molecular flexibility index (Phi) is 9.99. The minimum Gasteiger partial charge on any atom is -0.343 e. The number of nitrogens with two attached hydrogens (primary N) is 1. The van der Waals surface area contributed by atoms with E-state index in [1.54, 1.807) is 18.7 Å². The van der Waals surface area contributed by atoms with Crippen LogP contribution in [0.25, 0.3) is 0 Å². The second-order valence-electron chi connectivity index (χ2n) is 9.44. The van der Waals surface area contributed by atoms with E-state index in [2.05, 4.69) is 58.7 Å². The summed E-state index contributed by atoms with van der Waals surface area (Å²) in [6.45, 7) is 8.11. The highest BCUT2D eigenvalue weighted by Gasteiger charge is 2.36. The number of nitrogens with one attached hydrogen (secondary N) is 1. The van der Waals surface area contributed by atoms with Crippen molar-refractivity contribution in [3.63, 3.8) is 0 Å². The van der Waals surface area contributed by atoms with Gasteiger partial charge in [-0.3, -0.25) is 14.5 Å². The Morgan fingerprint density at radius 1 is 1.06 bits per heavy atom. The van der Waals surface area contributed by atoms with Gasteiger partial charge >= 0.3 is 0 Å². The van der Waals surface area contributed by atoms with Gasteiger partial charge in [0.1, 0.15) is 6.04 Å². The predicted molar refractivity (Wildman–Crippen MR) is 140 cm³/mol. The van der Waals surface area contributed by atoms with Crippen molar-refractivity contribution in [1.82, 2.24) is 15.1 Å². The van der Waals surface area contributed by atoms with Crippen LogP contribution in [-0.2, 0) is 22.6 Å². The number of carbonyl (C=O) groups is 2. The lowest BCUT2D eigenvalue weighted by Crippen LogP contribution is -2.56. The fourth-order valence-corrected chi connectivity index (χ4v) is 5.36. The highest BCUT2D eigenvalue weighted by molar-refractivity contribution is 7.99. The van der Waals surface area contributed by atoms with Gasteiger partial charge in [-0.1, -0.05) is 74.5 Å². The first-order chi connectivity index (χ1) is 16.3. The number of hydrogen-bond donors (Lipinski definition) is 2. The number of benzene rings is 2. The third-order valence-electron chi connectivity index (χ3n) is 6.19. The van der Waals surface area contributed by atoms with E-state index in [0.717, 1.165) is 31.8 Å². The normalized spacial score (nSPS) is 17.7. The number of nitrogens with zero attached hydrogens (tertiary/aromatic N) is 2. The maximum Gasteiger partial charge on any atom is 0.246 e. The molecule has 0 bridgehead atoms. The van der Waals surface area contributed by atoms with Crippen LogP contribution in [-0.4, -0.2) is 64.5 Å². The van der Waals surface area contributed by atoms with Gasteiger partial charge in [0.2, 0.25) is 11.8 Å². The van der Waals surface area contributed by atoms with Gasteiger partial charge in [-0.2, -0.15) is 0 Å². The Morgan fingerprint density at radius 2 is 1.68 bits per heavy atom. The van der Waals surface area contributed by atoms with Gasteiger partial charge in [-0.25, -0.2) is 0 Å². The Balaban J connectivity index is 1.71. The maximum atomic E-state index is 13.5. The summed E-state index contributed by atoms with van der Waals surface area (Å²) in [6.07, 6.45) is 0.959. The molecule has 34 heavy (non-hydrogen) atoms. The summed E-state index contributed by atoms with van der Waals surface area (Å²) in [5.41, 5.74) is 8.32. The van der Waals surface area contributed by atoms with Gasteiger partial charge in [0.05, 0.1) is 18.0 Å². The van der Waals surface area contributed by atoms with Gasteiger partial charge < -0.3 is 16.0 Å². The highest BCUT2D eigenvalue weighted by atomic mass is 32.2. The largest absolute Gasteiger partial charge is 0.343 e. The first kappa shape index (κ1) is 26.3. The summed E-state index contributed by atoms with van der Waals surface area (Å²) >= 11 is 1.78. The predicted octanol–water partition coefficient (Wildman–Crippen LogP) is 3.12. The van der Waals surface area contributed by atoms with Crippen LogP contribution < -0.4 is 11.1 Å². The second kappa shape index (κ2) is 12.9. The van der Waals surface area contributed by atoms with Crippen LogP contribution in [0.1, 0.15) is 31.9 Å². The Hall–Kier alpha value is -2.35.